The van der Waals surface area contributed by atoms with Gasteiger partial charge in [-0.25, -0.2) is 0 Å². The lowest BCUT2D eigenvalue weighted by molar-refractivity contribution is 0.378. The smallest absolute Gasteiger partial charge is 0.0683 e. The predicted molar refractivity (Wildman–Crippen MR) is 101 cm³/mol. The zero-order valence-electron chi connectivity index (χ0n) is 13.4. The lowest BCUT2D eigenvalue weighted by Gasteiger charge is -2.37. The van der Waals surface area contributed by atoms with Gasteiger partial charge in [0.25, 0.3) is 0 Å². The summed E-state index contributed by atoms with van der Waals surface area (Å²) in [5.41, 5.74) is 16.8. The van der Waals surface area contributed by atoms with Crippen molar-refractivity contribution in [3.8, 4) is 11.1 Å². The molecule has 1 aliphatic rings. The molecule has 2 aromatic carbocycles. The van der Waals surface area contributed by atoms with E-state index in [2.05, 4.69) is 41.6 Å². The molecule has 4 N–H and O–H groups in total. The van der Waals surface area contributed by atoms with Gasteiger partial charge >= 0.3 is 0 Å². The summed E-state index contributed by atoms with van der Waals surface area (Å²) in [6.45, 7) is 0. The first-order valence-corrected chi connectivity index (χ1v) is 9.32. The summed E-state index contributed by atoms with van der Waals surface area (Å²) in [5.74, 6) is 1.10. The van der Waals surface area contributed by atoms with Crippen LogP contribution in [-0.2, 0) is 5.54 Å². The molecule has 4 heteroatoms. The number of nitrogens with two attached hydrogens (primary N) is 2. The van der Waals surface area contributed by atoms with Crippen molar-refractivity contribution in [2.45, 2.75) is 24.4 Å². The second-order valence-corrected chi connectivity index (χ2v) is 7.02. The molecule has 120 valence electrons. The van der Waals surface area contributed by atoms with Crippen LogP contribution in [0.4, 0.5) is 5.69 Å². The van der Waals surface area contributed by atoms with Crippen molar-refractivity contribution in [1.82, 2.24) is 0 Å². The first-order valence-electron chi connectivity index (χ1n) is 7.93. The van der Waals surface area contributed by atoms with Crippen molar-refractivity contribution in [3.63, 3.8) is 0 Å². The molecule has 23 heavy (non-hydrogen) atoms. The van der Waals surface area contributed by atoms with Gasteiger partial charge in [-0.3, -0.25) is 4.99 Å². The van der Waals surface area contributed by atoms with Crippen molar-refractivity contribution in [1.29, 1.82) is 0 Å². The standard InChI is InChI=1S/C19H23N3S/c1-23-11-5-10-19(21)16-9-8-15(14-6-3-2-4-7-14)12-17(16)22-13-18(19)20/h2-4,6-9,12-13,18H,5,10-11,20-21H2,1H3. The first kappa shape index (κ1) is 16.2. The quantitative estimate of drug-likeness (QED) is 0.824. The summed E-state index contributed by atoms with van der Waals surface area (Å²) in [4.78, 5) is 4.55. The third kappa shape index (κ3) is 3.20. The SMILES string of the molecule is CSCCCC1(N)c2ccc(-c3ccccc3)cc2N=CC1N. The number of thioether (sulfide) groups is 1. The first-order chi connectivity index (χ1) is 11.1. The molecule has 0 saturated carbocycles. The van der Waals surface area contributed by atoms with Crippen LogP contribution in [0.3, 0.4) is 0 Å². The van der Waals surface area contributed by atoms with Crippen LogP contribution in [0, 0.1) is 0 Å². The third-order valence-electron chi connectivity index (χ3n) is 4.51. The number of aliphatic imine (C=N–C) groups is 1. The van der Waals surface area contributed by atoms with Crippen molar-refractivity contribution in [2.24, 2.45) is 16.5 Å². The molecule has 0 aromatic heterocycles. The second kappa shape index (κ2) is 6.87. The van der Waals surface area contributed by atoms with Gasteiger partial charge in [0.05, 0.1) is 17.3 Å². The average molecular weight is 325 g/mol. The van der Waals surface area contributed by atoms with E-state index in [0.717, 1.165) is 35.4 Å². The molecule has 3 nitrogen and oxygen atoms in total. The molecular weight excluding hydrogens is 302 g/mol. The minimum atomic E-state index is -0.526. The van der Waals surface area contributed by atoms with E-state index in [1.807, 2.05) is 30.0 Å². The molecule has 1 aliphatic heterocycles. The molecule has 1 heterocycles. The van der Waals surface area contributed by atoms with Gasteiger partial charge < -0.3 is 11.5 Å². The second-order valence-electron chi connectivity index (χ2n) is 6.04. The largest absolute Gasteiger partial charge is 0.321 e. The Morgan fingerprint density at radius 3 is 2.65 bits per heavy atom. The summed E-state index contributed by atoms with van der Waals surface area (Å²) < 4.78 is 0. The van der Waals surface area contributed by atoms with Gasteiger partial charge in [0.15, 0.2) is 0 Å². The van der Waals surface area contributed by atoms with Crippen LogP contribution >= 0.6 is 11.8 Å². The average Bonchev–Trinajstić information content (AvgIpc) is 2.59. The number of nitrogens with zero attached hydrogens (tertiary/aromatic N) is 1. The molecule has 0 bridgehead atoms. The van der Waals surface area contributed by atoms with Crippen LogP contribution in [0.25, 0.3) is 11.1 Å². The summed E-state index contributed by atoms with van der Waals surface area (Å²) >= 11 is 1.84. The highest BCUT2D eigenvalue weighted by Crippen LogP contribution is 2.39. The van der Waals surface area contributed by atoms with Crippen LogP contribution in [-0.4, -0.2) is 24.3 Å². The fraction of sp³-hybridized carbons (Fsp3) is 0.316. The van der Waals surface area contributed by atoms with Gasteiger partial charge in [-0.05, 0) is 47.6 Å². The Balaban J connectivity index is 1.96. The molecule has 0 amide bonds. The highest BCUT2D eigenvalue weighted by molar-refractivity contribution is 7.98. The Hall–Kier alpha value is -1.62. The molecule has 0 spiro atoms. The Kier molecular flexibility index (Phi) is 4.85. The van der Waals surface area contributed by atoms with Crippen LogP contribution in [0.15, 0.2) is 53.5 Å². The Morgan fingerprint density at radius 1 is 1.13 bits per heavy atom. The maximum atomic E-state index is 6.72. The Bertz CT molecular complexity index is 699. The van der Waals surface area contributed by atoms with Crippen LogP contribution in [0.5, 0.6) is 0 Å². The van der Waals surface area contributed by atoms with Crippen LogP contribution < -0.4 is 11.5 Å². The van der Waals surface area contributed by atoms with E-state index in [9.17, 15) is 0 Å². The number of fused-ring (bicyclic) bond motifs is 1. The molecule has 2 atom stereocenters. The summed E-state index contributed by atoms with van der Waals surface area (Å²) in [5, 5.41) is 0. The van der Waals surface area contributed by atoms with E-state index in [4.69, 9.17) is 11.5 Å². The molecule has 3 rings (SSSR count). The van der Waals surface area contributed by atoms with E-state index >= 15 is 0 Å². The molecule has 0 saturated heterocycles. The van der Waals surface area contributed by atoms with Gasteiger partial charge in [0.1, 0.15) is 0 Å². The summed E-state index contributed by atoms with van der Waals surface area (Å²) in [6, 6.07) is 16.4. The minimum Gasteiger partial charge on any atom is -0.321 e. The maximum absolute atomic E-state index is 6.72. The van der Waals surface area contributed by atoms with Crippen molar-refractivity contribution >= 4 is 23.7 Å². The number of rotatable bonds is 5. The molecule has 2 unspecified atom stereocenters. The van der Waals surface area contributed by atoms with Crippen molar-refractivity contribution in [3.05, 3.63) is 54.1 Å². The maximum Gasteiger partial charge on any atom is 0.0683 e. The molecule has 2 aromatic rings. The van der Waals surface area contributed by atoms with E-state index in [1.54, 1.807) is 6.21 Å². The molecule has 0 aliphatic carbocycles. The van der Waals surface area contributed by atoms with Crippen molar-refractivity contribution < 1.29 is 0 Å². The topological polar surface area (TPSA) is 64.4 Å². The number of hydrogen-bond donors (Lipinski definition) is 2. The van der Waals surface area contributed by atoms with Gasteiger partial charge in [0, 0.05) is 6.21 Å². The number of hydrogen-bond acceptors (Lipinski definition) is 4. The lowest BCUT2D eigenvalue weighted by Crippen LogP contribution is -2.54. The summed E-state index contributed by atoms with van der Waals surface area (Å²) in [6.07, 6.45) is 5.85. The Labute approximate surface area is 142 Å². The van der Waals surface area contributed by atoms with E-state index in [-0.39, 0.29) is 6.04 Å². The fourth-order valence-electron chi connectivity index (χ4n) is 3.13. The van der Waals surface area contributed by atoms with E-state index < -0.39 is 5.54 Å². The van der Waals surface area contributed by atoms with E-state index in [0.29, 0.717) is 0 Å². The molecular formula is C19H23N3S. The molecule has 0 radical (unpaired) electrons. The Morgan fingerprint density at radius 2 is 1.91 bits per heavy atom. The van der Waals surface area contributed by atoms with Gasteiger partial charge in [0.2, 0.25) is 0 Å². The fourth-order valence-corrected chi connectivity index (χ4v) is 3.56. The zero-order valence-corrected chi connectivity index (χ0v) is 14.2. The van der Waals surface area contributed by atoms with Gasteiger partial charge in [-0.2, -0.15) is 11.8 Å². The monoisotopic (exact) mass is 325 g/mol. The minimum absolute atomic E-state index is 0.237. The predicted octanol–water partition coefficient (Wildman–Crippen LogP) is 3.69. The number of benzene rings is 2. The normalized spacial score (nSPS) is 22.8. The molecule has 0 fully saturated rings. The van der Waals surface area contributed by atoms with Crippen molar-refractivity contribution in [2.75, 3.05) is 12.0 Å². The highest BCUT2D eigenvalue weighted by atomic mass is 32.2. The zero-order chi connectivity index (χ0) is 16.3. The van der Waals surface area contributed by atoms with E-state index in [1.165, 1.54) is 5.56 Å². The van der Waals surface area contributed by atoms with Gasteiger partial charge in [-0.1, -0.05) is 42.5 Å². The summed E-state index contributed by atoms with van der Waals surface area (Å²) in [7, 11) is 0. The van der Waals surface area contributed by atoms with Gasteiger partial charge in [-0.15, -0.1) is 0 Å². The van der Waals surface area contributed by atoms with Crippen LogP contribution in [0.2, 0.25) is 0 Å². The van der Waals surface area contributed by atoms with Crippen LogP contribution in [0.1, 0.15) is 18.4 Å². The lowest BCUT2D eigenvalue weighted by atomic mass is 9.78. The third-order valence-corrected chi connectivity index (χ3v) is 5.21. The highest BCUT2D eigenvalue weighted by Gasteiger charge is 2.37.